The van der Waals surface area contributed by atoms with Crippen LogP contribution < -0.4 is 4.74 Å². The van der Waals surface area contributed by atoms with Crippen LogP contribution in [-0.4, -0.2) is 9.55 Å². The van der Waals surface area contributed by atoms with Crippen LogP contribution in [0.2, 0.25) is 0 Å². The highest BCUT2D eigenvalue weighted by Gasteiger charge is 2.42. The second-order valence-corrected chi connectivity index (χ2v) is 15.1. The first kappa shape index (κ1) is 35.6. The molecule has 0 spiro atoms. The van der Waals surface area contributed by atoms with Gasteiger partial charge in [0.2, 0.25) is 0 Å². The van der Waals surface area contributed by atoms with Gasteiger partial charge >= 0.3 is 0 Å². The minimum atomic E-state index is 0.0981. The van der Waals surface area contributed by atoms with Gasteiger partial charge in [-0.1, -0.05) is 156 Å². The van der Waals surface area contributed by atoms with Gasteiger partial charge in [0.15, 0.2) is 0 Å². The van der Waals surface area contributed by atoms with Crippen molar-refractivity contribution in [3.8, 4) is 45.1 Å². The molecule has 0 N–H and O–H groups in total. The number of para-hydroxylation sites is 3. The molecule has 8 rings (SSSR count). The van der Waals surface area contributed by atoms with E-state index in [4.69, 9.17) is 9.72 Å². The maximum Gasteiger partial charge on any atom is 0.145 e. The van der Waals surface area contributed by atoms with Gasteiger partial charge in [-0.15, -0.1) is 0 Å². The number of benzene rings is 6. The highest BCUT2D eigenvalue weighted by atomic mass is 16.5. The van der Waals surface area contributed by atoms with Gasteiger partial charge < -0.3 is 4.74 Å². The normalized spacial score (nSPS) is 12.9. The first-order chi connectivity index (χ1) is 26.7. The van der Waals surface area contributed by atoms with Gasteiger partial charge in [0.05, 0.1) is 11.0 Å². The van der Waals surface area contributed by atoms with Crippen LogP contribution in [0.5, 0.6) is 5.75 Å². The molecule has 0 bridgehead atoms. The minimum absolute atomic E-state index is 0.0981. The molecule has 0 saturated heterocycles. The molecule has 3 nitrogen and oxygen atoms in total. The van der Waals surface area contributed by atoms with Gasteiger partial charge in [-0.25, -0.2) is 4.98 Å². The molecule has 6 aromatic carbocycles. The summed E-state index contributed by atoms with van der Waals surface area (Å²) in [7, 11) is 0. The lowest BCUT2D eigenvalue weighted by Crippen LogP contribution is -2.25. The molecule has 1 aromatic heterocycles. The summed E-state index contributed by atoms with van der Waals surface area (Å²) in [6.07, 6.45) is 12.8. The molecule has 0 saturated carbocycles. The predicted molar refractivity (Wildman–Crippen MR) is 226 cm³/mol. The van der Waals surface area contributed by atoms with Crippen LogP contribution in [-0.2, 0) is 12.0 Å². The fourth-order valence-electron chi connectivity index (χ4n) is 8.72. The van der Waals surface area contributed by atoms with Gasteiger partial charge in [0.1, 0.15) is 18.2 Å². The maximum atomic E-state index is 6.31. The van der Waals surface area contributed by atoms with Crippen LogP contribution in [0.1, 0.15) is 94.7 Å². The van der Waals surface area contributed by atoms with Crippen molar-refractivity contribution in [1.29, 1.82) is 0 Å². The van der Waals surface area contributed by atoms with E-state index >= 15 is 0 Å². The van der Waals surface area contributed by atoms with Gasteiger partial charge in [-0.05, 0) is 106 Å². The average molecular weight is 709 g/mol. The van der Waals surface area contributed by atoms with Crippen molar-refractivity contribution in [3.05, 3.63) is 162 Å². The molecule has 1 aliphatic rings. The number of nitrogens with zero attached hydrogens (tertiary/aromatic N) is 2. The van der Waals surface area contributed by atoms with Crippen LogP contribution >= 0.6 is 0 Å². The molecule has 0 radical (unpaired) electrons. The van der Waals surface area contributed by atoms with Gasteiger partial charge in [0.25, 0.3) is 0 Å². The van der Waals surface area contributed by atoms with E-state index in [0.717, 1.165) is 39.4 Å². The molecule has 54 heavy (non-hydrogen) atoms. The molecule has 0 atom stereocenters. The van der Waals surface area contributed by atoms with Crippen LogP contribution in [0.3, 0.4) is 0 Å². The number of unbranched alkanes of at least 4 members (excludes halogenated alkanes) is 6. The lowest BCUT2D eigenvalue weighted by atomic mass is 9.70. The number of ether oxygens (including phenoxy) is 1. The zero-order valence-corrected chi connectivity index (χ0v) is 31.9. The molecule has 272 valence electrons. The number of rotatable bonds is 16. The summed E-state index contributed by atoms with van der Waals surface area (Å²) in [6.45, 7) is 5.14. The Labute approximate surface area is 321 Å². The first-order valence-electron chi connectivity index (χ1n) is 20.3. The zero-order valence-electron chi connectivity index (χ0n) is 31.9. The van der Waals surface area contributed by atoms with Gasteiger partial charge in [-0.2, -0.15) is 0 Å². The van der Waals surface area contributed by atoms with E-state index in [2.05, 4.69) is 152 Å². The SMILES string of the molecule is CCCCCCC1(CCCCCC)c2ccccc2-c2ccc(-c3ccc(COc4ccc(-c5nc6ccccc6n5-c5ccccc5)cc4)cc3)cc21. The Hall–Kier alpha value is -5.41. The molecule has 1 heterocycles. The van der Waals surface area contributed by atoms with E-state index in [1.165, 1.54) is 86.5 Å². The number of hydrogen-bond acceptors (Lipinski definition) is 2. The van der Waals surface area contributed by atoms with Crippen molar-refractivity contribution in [2.75, 3.05) is 0 Å². The number of fused-ring (bicyclic) bond motifs is 4. The van der Waals surface area contributed by atoms with Crippen molar-refractivity contribution >= 4 is 11.0 Å². The smallest absolute Gasteiger partial charge is 0.145 e. The van der Waals surface area contributed by atoms with Crippen LogP contribution in [0.25, 0.3) is 50.4 Å². The van der Waals surface area contributed by atoms with Crippen molar-refractivity contribution in [1.82, 2.24) is 9.55 Å². The van der Waals surface area contributed by atoms with E-state index in [1.807, 2.05) is 12.1 Å². The Morgan fingerprint density at radius 1 is 0.537 bits per heavy atom. The molecular formula is C51H52N2O. The Morgan fingerprint density at radius 3 is 1.91 bits per heavy atom. The van der Waals surface area contributed by atoms with E-state index in [1.54, 1.807) is 11.1 Å². The standard InChI is InChI=1S/C51H52N2O/c1-3-5-7-16-34-51(35-17-8-6-4-2)46-21-13-12-20-44(46)45-33-30-41(36-47(45)51)39-26-24-38(25-27-39)37-54-43-31-28-40(29-32-43)50-52-48-22-14-15-23-49(48)53(50)42-18-10-9-11-19-42/h9-15,18-33,36H,3-8,16-17,34-35,37H2,1-2H3. The summed E-state index contributed by atoms with van der Waals surface area (Å²) < 4.78 is 8.54. The van der Waals surface area contributed by atoms with E-state index in [9.17, 15) is 0 Å². The molecular weight excluding hydrogens is 657 g/mol. The first-order valence-corrected chi connectivity index (χ1v) is 20.3. The van der Waals surface area contributed by atoms with E-state index < -0.39 is 0 Å². The lowest BCUT2D eigenvalue weighted by molar-refractivity contribution is 0.306. The summed E-state index contributed by atoms with van der Waals surface area (Å²) >= 11 is 0. The number of hydrogen-bond donors (Lipinski definition) is 0. The highest BCUT2D eigenvalue weighted by Crippen LogP contribution is 2.55. The Kier molecular flexibility index (Phi) is 10.8. The van der Waals surface area contributed by atoms with Crippen LogP contribution in [0.15, 0.2) is 146 Å². The van der Waals surface area contributed by atoms with Crippen LogP contribution in [0.4, 0.5) is 0 Å². The van der Waals surface area contributed by atoms with Gasteiger partial charge in [-0.3, -0.25) is 4.57 Å². The molecule has 0 aliphatic heterocycles. The Bertz CT molecular complexity index is 2290. The van der Waals surface area contributed by atoms with E-state index in [0.29, 0.717) is 6.61 Å². The van der Waals surface area contributed by atoms with Crippen molar-refractivity contribution in [3.63, 3.8) is 0 Å². The number of aromatic nitrogens is 2. The predicted octanol–water partition coefficient (Wildman–Crippen LogP) is 14.1. The second-order valence-electron chi connectivity index (χ2n) is 15.1. The fourth-order valence-corrected chi connectivity index (χ4v) is 8.72. The molecule has 0 amide bonds. The topological polar surface area (TPSA) is 27.1 Å². The third-order valence-electron chi connectivity index (χ3n) is 11.6. The van der Waals surface area contributed by atoms with Gasteiger partial charge in [0, 0.05) is 16.7 Å². The molecule has 0 fully saturated rings. The largest absolute Gasteiger partial charge is 0.489 e. The molecule has 7 aromatic rings. The highest BCUT2D eigenvalue weighted by molar-refractivity contribution is 5.85. The second kappa shape index (κ2) is 16.3. The van der Waals surface area contributed by atoms with Crippen molar-refractivity contribution in [2.24, 2.45) is 0 Å². The molecule has 3 heteroatoms. The third kappa shape index (κ3) is 7.12. The van der Waals surface area contributed by atoms with E-state index in [-0.39, 0.29) is 5.41 Å². The fraction of sp³-hybridized carbons (Fsp3) is 0.275. The number of imidazole rings is 1. The minimum Gasteiger partial charge on any atom is -0.489 e. The molecule has 1 aliphatic carbocycles. The third-order valence-corrected chi connectivity index (χ3v) is 11.6. The quantitative estimate of drug-likeness (QED) is 0.0935. The summed E-state index contributed by atoms with van der Waals surface area (Å²) in [5.74, 6) is 1.77. The average Bonchev–Trinajstić information content (AvgIpc) is 3.75. The van der Waals surface area contributed by atoms with Crippen LogP contribution in [0, 0.1) is 0 Å². The summed E-state index contributed by atoms with van der Waals surface area (Å²) in [5.41, 5.74) is 14.0. The summed E-state index contributed by atoms with van der Waals surface area (Å²) in [4.78, 5) is 5.01. The lowest BCUT2D eigenvalue weighted by Gasteiger charge is -2.33. The Morgan fingerprint density at radius 2 is 1.17 bits per heavy atom. The Balaban J connectivity index is 0.999. The molecule has 0 unspecified atom stereocenters. The summed E-state index contributed by atoms with van der Waals surface area (Å²) in [6, 6.07) is 52.6. The van der Waals surface area contributed by atoms with Crippen molar-refractivity contribution < 1.29 is 4.74 Å². The van der Waals surface area contributed by atoms with Crippen molar-refractivity contribution in [2.45, 2.75) is 90.1 Å². The zero-order chi connectivity index (χ0) is 36.7. The monoisotopic (exact) mass is 708 g/mol. The maximum absolute atomic E-state index is 6.31. The summed E-state index contributed by atoms with van der Waals surface area (Å²) in [5, 5.41) is 0.